The molecule has 0 N–H and O–H groups in total. The van der Waals surface area contributed by atoms with Crippen LogP contribution in [0, 0.1) is 19.8 Å². The van der Waals surface area contributed by atoms with E-state index >= 15 is 0 Å². The summed E-state index contributed by atoms with van der Waals surface area (Å²) in [7, 11) is 0. The van der Waals surface area contributed by atoms with Gasteiger partial charge < -0.3 is 14.4 Å². The summed E-state index contributed by atoms with van der Waals surface area (Å²) >= 11 is 0. The number of fused-ring (bicyclic) bond motifs is 1. The molecule has 0 aliphatic carbocycles. The Hall–Kier alpha value is -2.04. The van der Waals surface area contributed by atoms with Crippen molar-refractivity contribution >= 4 is 11.9 Å². The SMILES string of the molecule is CCCCC(CC)COC(=O)N1CCC2(CC1)CC(=O)c1c(C)cc(C)cc1O2. The number of hydrogen-bond acceptors (Lipinski definition) is 4. The maximum Gasteiger partial charge on any atom is 0.409 e. The molecule has 5 heteroatoms. The summed E-state index contributed by atoms with van der Waals surface area (Å²) in [5, 5.41) is 0. The molecule has 0 radical (unpaired) electrons. The van der Waals surface area contributed by atoms with Gasteiger partial charge in [-0.15, -0.1) is 0 Å². The van der Waals surface area contributed by atoms with E-state index in [9.17, 15) is 9.59 Å². The van der Waals surface area contributed by atoms with Crippen LogP contribution in [0.3, 0.4) is 0 Å². The van der Waals surface area contributed by atoms with E-state index in [4.69, 9.17) is 9.47 Å². The lowest BCUT2D eigenvalue weighted by atomic mass is 9.81. The van der Waals surface area contributed by atoms with Crippen LogP contribution in [0.4, 0.5) is 4.79 Å². The number of piperidine rings is 1. The molecule has 1 fully saturated rings. The summed E-state index contributed by atoms with van der Waals surface area (Å²) in [6.45, 7) is 9.95. The van der Waals surface area contributed by atoms with Crippen molar-refractivity contribution in [2.24, 2.45) is 5.92 Å². The summed E-state index contributed by atoms with van der Waals surface area (Å²) < 4.78 is 12.0. The van der Waals surface area contributed by atoms with Gasteiger partial charge in [0.1, 0.15) is 11.4 Å². The fourth-order valence-corrected chi connectivity index (χ4v) is 4.57. The normalized spacial score (nSPS) is 18.9. The summed E-state index contributed by atoms with van der Waals surface area (Å²) in [6.07, 6.45) is 5.96. The molecule has 29 heavy (non-hydrogen) atoms. The zero-order valence-corrected chi connectivity index (χ0v) is 18.4. The van der Waals surface area contributed by atoms with Gasteiger partial charge in [0, 0.05) is 25.9 Å². The van der Waals surface area contributed by atoms with Crippen LogP contribution in [0.5, 0.6) is 5.75 Å². The predicted octanol–water partition coefficient (Wildman–Crippen LogP) is 5.46. The van der Waals surface area contributed by atoms with Gasteiger partial charge in [-0.1, -0.05) is 39.2 Å². The average molecular weight is 402 g/mol. The first kappa shape index (κ1) is 21.7. The van der Waals surface area contributed by atoms with Crippen LogP contribution in [-0.4, -0.2) is 42.1 Å². The zero-order valence-electron chi connectivity index (χ0n) is 18.4. The van der Waals surface area contributed by atoms with Crippen LogP contribution < -0.4 is 4.74 Å². The lowest BCUT2D eigenvalue weighted by Crippen LogP contribution is -2.52. The highest BCUT2D eigenvalue weighted by molar-refractivity contribution is 6.01. The monoisotopic (exact) mass is 401 g/mol. The van der Waals surface area contributed by atoms with E-state index in [2.05, 4.69) is 13.8 Å². The van der Waals surface area contributed by atoms with Crippen molar-refractivity contribution < 1.29 is 19.1 Å². The van der Waals surface area contributed by atoms with Gasteiger partial charge in [0.15, 0.2) is 5.78 Å². The summed E-state index contributed by atoms with van der Waals surface area (Å²) in [6, 6.07) is 3.99. The molecule has 5 nitrogen and oxygen atoms in total. The first-order valence-corrected chi connectivity index (χ1v) is 11.1. The molecule has 1 aromatic carbocycles. The van der Waals surface area contributed by atoms with Crippen molar-refractivity contribution in [3.63, 3.8) is 0 Å². The number of aryl methyl sites for hydroxylation is 2. The third kappa shape index (κ3) is 4.93. The molecular weight excluding hydrogens is 366 g/mol. The molecule has 160 valence electrons. The van der Waals surface area contributed by atoms with Crippen LogP contribution >= 0.6 is 0 Å². The van der Waals surface area contributed by atoms with Crippen LogP contribution in [0.25, 0.3) is 0 Å². The number of nitrogens with zero attached hydrogens (tertiary/aromatic N) is 1. The van der Waals surface area contributed by atoms with Crippen molar-refractivity contribution in [3.05, 3.63) is 28.8 Å². The van der Waals surface area contributed by atoms with Gasteiger partial charge in [0.2, 0.25) is 0 Å². The molecule has 2 aliphatic rings. The molecule has 0 saturated carbocycles. The quantitative estimate of drug-likeness (QED) is 0.635. The first-order valence-electron chi connectivity index (χ1n) is 11.1. The number of ketones is 1. The standard InChI is InChI=1S/C24H35NO4/c1-5-7-8-19(6-2)16-28-23(27)25-11-9-24(10-12-25)15-20(26)22-18(4)13-17(3)14-21(22)29-24/h13-14,19H,5-12,15-16H2,1-4H3. The van der Waals surface area contributed by atoms with E-state index in [0.29, 0.717) is 50.6 Å². The van der Waals surface area contributed by atoms with Crippen molar-refractivity contribution in [2.75, 3.05) is 19.7 Å². The molecule has 3 rings (SSSR count). The highest BCUT2D eigenvalue weighted by Gasteiger charge is 2.44. The second-order valence-corrected chi connectivity index (χ2v) is 8.82. The fourth-order valence-electron chi connectivity index (χ4n) is 4.57. The number of rotatable bonds is 6. The van der Waals surface area contributed by atoms with Crippen LogP contribution in [0.15, 0.2) is 12.1 Å². The zero-order chi connectivity index (χ0) is 21.0. The molecule has 1 unspecified atom stereocenters. The van der Waals surface area contributed by atoms with Crippen LogP contribution in [0.1, 0.15) is 80.3 Å². The van der Waals surface area contributed by atoms with Gasteiger partial charge in [0.25, 0.3) is 0 Å². The maximum absolute atomic E-state index is 12.8. The highest BCUT2D eigenvalue weighted by Crippen LogP contribution is 2.41. The number of ether oxygens (including phenoxy) is 2. The second kappa shape index (κ2) is 9.19. The van der Waals surface area contributed by atoms with Crippen LogP contribution in [0.2, 0.25) is 0 Å². The third-order valence-electron chi connectivity index (χ3n) is 6.45. The highest BCUT2D eigenvalue weighted by atomic mass is 16.6. The Balaban J connectivity index is 1.57. The number of likely N-dealkylation sites (tertiary alicyclic amines) is 1. The Labute approximate surface area is 174 Å². The molecule has 0 bridgehead atoms. The predicted molar refractivity (Wildman–Crippen MR) is 114 cm³/mol. The molecule has 1 atom stereocenters. The number of unbranched alkanes of at least 4 members (excludes halogenated alkanes) is 1. The minimum atomic E-state index is -0.492. The fraction of sp³-hybridized carbons (Fsp3) is 0.667. The molecule has 2 aliphatic heterocycles. The minimum Gasteiger partial charge on any atom is -0.486 e. The second-order valence-electron chi connectivity index (χ2n) is 8.82. The molecule has 2 heterocycles. The minimum absolute atomic E-state index is 0.154. The number of benzene rings is 1. The van der Waals surface area contributed by atoms with Gasteiger partial charge in [-0.05, 0) is 43.4 Å². The summed E-state index contributed by atoms with van der Waals surface area (Å²) in [4.78, 5) is 27.1. The Morgan fingerprint density at radius 2 is 1.97 bits per heavy atom. The maximum atomic E-state index is 12.8. The molecule has 0 aromatic heterocycles. The molecule has 1 amide bonds. The van der Waals surface area contributed by atoms with Gasteiger partial charge >= 0.3 is 6.09 Å². The molecular formula is C24H35NO4. The van der Waals surface area contributed by atoms with Gasteiger partial charge in [-0.2, -0.15) is 0 Å². The van der Waals surface area contributed by atoms with Crippen LogP contribution in [-0.2, 0) is 4.74 Å². The number of carbonyl (C=O) groups excluding carboxylic acids is 2. The number of Topliss-reactive ketones (excluding diaryl/α,β-unsaturated/α-hetero) is 1. The first-order chi connectivity index (χ1) is 13.9. The lowest BCUT2D eigenvalue weighted by Gasteiger charge is -2.44. The van der Waals surface area contributed by atoms with Crippen molar-refractivity contribution in [1.82, 2.24) is 4.90 Å². The Kier molecular flexibility index (Phi) is 6.86. The summed E-state index contributed by atoms with van der Waals surface area (Å²) in [5.41, 5.74) is 2.31. The van der Waals surface area contributed by atoms with Crippen molar-refractivity contribution in [1.29, 1.82) is 0 Å². The van der Waals surface area contributed by atoms with Gasteiger partial charge in [0.05, 0.1) is 18.6 Å². The Bertz CT molecular complexity index is 749. The van der Waals surface area contributed by atoms with E-state index in [1.807, 2.05) is 26.0 Å². The largest absolute Gasteiger partial charge is 0.486 e. The van der Waals surface area contributed by atoms with E-state index in [0.717, 1.165) is 29.5 Å². The average Bonchev–Trinajstić information content (AvgIpc) is 2.67. The van der Waals surface area contributed by atoms with Gasteiger partial charge in [-0.25, -0.2) is 4.79 Å². The smallest absolute Gasteiger partial charge is 0.409 e. The number of carbonyl (C=O) groups is 2. The van der Waals surface area contributed by atoms with Crippen molar-refractivity contribution in [2.45, 2.75) is 78.2 Å². The Morgan fingerprint density at radius 3 is 2.62 bits per heavy atom. The third-order valence-corrected chi connectivity index (χ3v) is 6.45. The molecule has 1 aromatic rings. The molecule has 1 saturated heterocycles. The number of hydrogen-bond donors (Lipinski definition) is 0. The van der Waals surface area contributed by atoms with E-state index in [1.165, 1.54) is 12.8 Å². The topological polar surface area (TPSA) is 55.8 Å². The van der Waals surface area contributed by atoms with E-state index < -0.39 is 5.60 Å². The molecule has 1 spiro atoms. The van der Waals surface area contributed by atoms with E-state index in [1.54, 1.807) is 4.90 Å². The van der Waals surface area contributed by atoms with Gasteiger partial charge in [-0.3, -0.25) is 4.79 Å². The lowest BCUT2D eigenvalue weighted by molar-refractivity contribution is -0.0107. The Morgan fingerprint density at radius 1 is 1.24 bits per heavy atom. The number of amides is 1. The summed E-state index contributed by atoms with van der Waals surface area (Å²) in [5.74, 6) is 1.30. The van der Waals surface area contributed by atoms with Crippen molar-refractivity contribution in [3.8, 4) is 5.75 Å². The van der Waals surface area contributed by atoms with E-state index in [-0.39, 0.29) is 11.9 Å².